The van der Waals surface area contributed by atoms with Crippen molar-refractivity contribution in [1.29, 1.82) is 0 Å². The van der Waals surface area contributed by atoms with Gasteiger partial charge < -0.3 is 16.6 Å². The standard InChI is InChI=1S/C9H9NO2.C7H5ClO2.H3N/c1-7(12)10-9-4-2-8(6-11)3-5-9;8-6-3-1-5(2-4-6)7(9)10;/h2-6H,1H3,(H,10,12);1-4H,(H,9,10);1H3. The van der Waals surface area contributed by atoms with Crippen LogP contribution >= 0.6 is 11.6 Å². The third kappa shape index (κ3) is 7.75. The summed E-state index contributed by atoms with van der Waals surface area (Å²) < 4.78 is 0. The molecule has 0 saturated heterocycles. The van der Waals surface area contributed by atoms with Crippen molar-refractivity contribution in [1.82, 2.24) is 6.15 Å². The molecule has 2 aromatic rings. The SMILES string of the molecule is CC(=O)Nc1ccc(C=O)cc1.N.O=C(O)c1ccc(Cl)cc1. The molecule has 0 heterocycles. The van der Waals surface area contributed by atoms with Crippen molar-refractivity contribution in [2.24, 2.45) is 0 Å². The highest BCUT2D eigenvalue weighted by Crippen LogP contribution is 2.09. The van der Waals surface area contributed by atoms with Crippen molar-refractivity contribution in [2.45, 2.75) is 6.92 Å². The maximum atomic E-state index is 10.6. The molecule has 0 aliphatic carbocycles. The first-order chi connectivity index (χ1) is 10.4. The number of anilines is 1. The van der Waals surface area contributed by atoms with E-state index in [0.29, 0.717) is 16.3 Å². The number of nitrogens with one attached hydrogen (secondary N) is 1. The Morgan fingerprint density at radius 1 is 1.04 bits per heavy atom. The Bertz CT molecular complexity index is 655. The van der Waals surface area contributed by atoms with Crippen LogP contribution in [0.4, 0.5) is 5.69 Å². The van der Waals surface area contributed by atoms with Gasteiger partial charge in [0.15, 0.2) is 0 Å². The lowest BCUT2D eigenvalue weighted by atomic mass is 10.2. The number of hydrogen-bond acceptors (Lipinski definition) is 4. The van der Waals surface area contributed by atoms with Gasteiger partial charge in [-0.3, -0.25) is 9.59 Å². The molecule has 122 valence electrons. The fourth-order valence-electron chi connectivity index (χ4n) is 1.44. The van der Waals surface area contributed by atoms with E-state index in [9.17, 15) is 14.4 Å². The Morgan fingerprint density at radius 3 is 1.96 bits per heavy atom. The van der Waals surface area contributed by atoms with Gasteiger partial charge >= 0.3 is 5.97 Å². The number of carbonyl (C=O) groups excluding carboxylic acids is 2. The molecule has 0 fully saturated rings. The minimum atomic E-state index is -0.934. The summed E-state index contributed by atoms with van der Waals surface area (Å²) in [6.07, 6.45) is 0.761. The van der Waals surface area contributed by atoms with Gasteiger partial charge in [0.1, 0.15) is 6.29 Å². The molecule has 0 bridgehead atoms. The highest BCUT2D eigenvalue weighted by atomic mass is 35.5. The Labute approximate surface area is 138 Å². The highest BCUT2D eigenvalue weighted by molar-refractivity contribution is 6.30. The normalized spacial score (nSPS) is 8.78. The summed E-state index contributed by atoms with van der Waals surface area (Å²) in [5.41, 5.74) is 1.56. The van der Waals surface area contributed by atoms with E-state index in [0.717, 1.165) is 6.29 Å². The number of carboxylic acid groups (broad SMARTS) is 1. The lowest BCUT2D eigenvalue weighted by Crippen LogP contribution is -2.05. The first-order valence-corrected chi connectivity index (χ1v) is 6.62. The number of benzene rings is 2. The highest BCUT2D eigenvalue weighted by Gasteiger charge is 1.99. The molecular weight excluding hydrogens is 320 g/mol. The van der Waals surface area contributed by atoms with Crippen LogP contribution in [0.5, 0.6) is 0 Å². The van der Waals surface area contributed by atoms with Gasteiger partial charge in [0, 0.05) is 23.2 Å². The van der Waals surface area contributed by atoms with Crippen molar-refractivity contribution in [3.8, 4) is 0 Å². The van der Waals surface area contributed by atoms with Crippen LogP contribution in [0.15, 0.2) is 48.5 Å². The lowest BCUT2D eigenvalue weighted by Gasteiger charge is -2.00. The molecule has 6 nitrogen and oxygen atoms in total. The molecule has 0 radical (unpaired) electrons. The zero-order valence-corrected chi connectivity index (χ0v) is 13.2. The van der Waals surface area contributed by atoms with Crippen LogP contribution in [0.25, 0.3) is 0 Å². The molecule has 0 aliphatic rings. The van der Waals surface area contributed by atoms with E-state index in [1.165, 1.54) is 19.1 Å². The van der Waals surface area contributed by atoms with E-state index in [4.69, 9.17) is 16.7 Å². The maximum absolute atomic E-state index is 10.6. The Hall–Kier alpha value is -2.70. The molecule has 0 atom stereocenters. The second kappa shape index (κ2) is 10.1. The average Bonchev–Trinajstić information content (AvgIpc) is 2.48. The second-order valence-corrected chi connectivity index (χ2v) is 4.67. The van der Waals surface area contributed by atoms with Gasteiger partial charge in [-0.15, -0.1) is 0 Å². The quantitative estimate of drug-likeness (QED) is 0.739. The molecule has 0 spiro atoms. The minimum absolute atomic E-state index is 0. The number of amides is 1. The number of hydrogen-bond donors (Lipinski definition) is 3. The van der Waals surface area contributed by atoms with E-state index in [1.807, 2.05) is 0 Å². The molecule has 5 N–H and O–H groups in total. The first kappa shape index (κ1) is 20.3. The van der Waals surface area contributed by atoms with Gasteiger partial charge in [0.25, 0.3) is 0 Å². The molecule has 0 unspecified atom stereocenters. The van der Waals surface area contributed by atoms with Crippen LogP contribution in [0.1, 0.15) is 27.6 Å². The van der Waals surface area contributed by atoms with Gasteiger partial charge in [-0.1, -0.05) is 11.6 Å². The molecule has 1 amide bonds. The fourth-order valence-corrected chi connectivity index (χ4v) is 1.57. The maximum Gasteiger partial charge on any atom is 0.335 e. The third-order valence-corrected chi connectivity index (χ3v) is 2.71. The van der Waals surface area contributed by atoms with Gasteiger partial charge in [0.05, 0.1) is 5.56 Å². The Balaban J connectivity index is 0.000000409. The summed E-state index contributed by atoms with van der Waals surface area (Å²) in [7, 11) is 0. The summed E-state index contributed by atoms with van der Waals surface area (Å²) in [5, 5.41) is 11.6. The van der Waals surface area contributed by atoms with Crippen molar-refractivity contribution in [3.05, 3.63) is 64.7 Å². The second-order valence-electron chi connectivity index (χ2n) is 4.23. The molecule has 2 aromatic carbocycles. The number of halogens is 1. The summed E-state index contributed by atoms with van der Waals surface area (Å²) in [4.78, 5) is 31.1. The minimum Gasteiger partial charge on any atom is -0.478 e. The van der Waals surface area contributed by atoms with Crippen molar-refractivity contribution >= 4 is 35.5 Å². The van der Waals surface area contributed by atoms with Crippen molar-refractivity contribution in [3.63, 3.8) is 0 Å². The smallest absolute Gasteiger partial charge is 0.335 e. The zero-order valence-electron chi connectivity index (χ0n) is 12.5. The van der Waals surface area contributed by atoms with Gasteiger partial charge in [-0.05, 0) is 48.5 Å². The molecule has 0 aromatic heterocycles. The largest absolute Gasteiger partial charge is 0.478 e. The van der Waals surface area contributed by atoms with E-state index >= 15 is 0 Å². The summed E-state index contributed by atoms with van der Waals surface area (Å²) in [5.74, 6) is -1.05. The van der Waals surface area contributed by atoms with Crippen molar-refractivity contribution < 1.29 is 19.5 Å². The van der Waals surface area contributed by atoms with Crippen LogP contribution in [-0.2, 0) is 4.79 Å². The van der Waals surface area contributed by atoms with Crippen LogP contribution in [0, 0.1) is 0 Å². The summed E-state index contributed by atoms with van der Waals surface area (Å²) >= 11 is 5.52. The predicted molar refractivity (Wildman–Crippen MR) is 89.6 cm³/mol. The molecule has 7 heteroatoms. The van der Waals surface area contributed by atoms with Crippen molar-refractivity contribution in [2.75, 3.05) is 5.32 Å². The summed E-state index contributed by atoms with van der Waals surface area (Å²) in [6.45, 7) is 1.44. The van der Waals surface area contributed by atoms with Gasteiger partial charge in [-0.25, -0.2) is 4.79 Å². The van der Waals surface area contributed by atoms with Crippen LogP contribution in [0.2, 0.25) is 5.02 Å². The molecule has 23 heavy (non-hydrogen) atoms. The molecule has 0 aliphatic heterocycles. The molecule has 0 saturated carbocycles. The first-order valence-electron chi connectivity index (χ1n) is 6.24. The molecule has 2 rings (SSSR count). The summed E-state index contributed by atoms with van der Waals surface area (Å²) in [6, 6.07) is 12.7. The van der Waals surface area contributed by atoms with E-state index in [2.05, 4.69) is 5.32 Å². The number of carboxylic acids is 1. The van der Waals surface area contributed by atoms with Crippen LogP contribution in [0.3, 0.4) is 0 Å². The Morgan fingerprint density at radius 2 is 1.57 bits per heavy atom. The van der Waals surface area contributed by atoms with E-state index in [1.54, 1.807) is 36.4 Å². The van der Waals surface area contributed by atoms with Crippen LogP contribution in [-0.4, -0.2) is 23.3 Å². The monoisotopic (exact) mass is 336 g/mol. The number of aldehydes is 1. The predicted octanol–water partition coefficient (Wildman–Crippen LogP) is 3.66. The van der Waals surface area contributed by atoms with E-state index < -0.39 is 5.97 Å². The van der Waals surface area contributed by atoms with Gasteiger partial charge in [-0.2, -0.15) is 0 Å². The number of carbonyl (C=O) groups is 3. The zero-order chi connectivity index (χ0) is 16.5. The number of rotatable bonds is 3. The average molecular weight is 337 g/mol. The van der Waals surface area contributed by atoms with Crippen LogP contribution < -0.4 is 11.5 Å². The third-order valence-electron chi connectivity index (χ3n) is 2.46. The lowest BCUT2D eigenvalue weighted by molar-refractivity contribution is -0.114. The van der Waals surface area contributed by atoms with Gasteiger partial charge in [0.2, 0.25) is 5.91 Å². The topological polar surface area (TPSA) is 118 Å². The number of aromatic carboxylic acids is 1. The molecular formula is C16H17ClN2O4. The van der Waals surface area contributed by atoms with E-state index in [-0.39, 0.29) is 17.6 Å². The fraction of sp³-hybridized carbons (Fsp3) is 0.0625. The Kier molecular flexibility index (Phi) is 8.91.